The SMILES string of the molecule is CC(=O)Nc1ccc(Nc2cnc(C(=O)NC(C)(C)C)cn2)cc1. The van der Waals surface area contributed by atoms with Gasteiger partial charge in [-0.05, 0) is 45.0 Å². The molecule has 0 saturated carbocycles. The number of amides is 2. The summed E-state index contributed by atoms with van der Waals surface area (Å²) in [5.41, 5.74) is 1.45. The second-order valence-electron chi connectivity index (χ2n) is 6.37. The van der Waals surface area contributed by atoms with Crippen molar-refractivity contribution in [2.45, 2.75) is 33.2 Å². The fourth-order valence-electron chi connectivity index (χ4n) is 1.90. The minimum absolute atomic E-state index is 0.120. The van der Waals surface area contributed by atoms with Gasteiger partial charge in [-0.25, -0.2) is 9.97 Å². The van der Waals surface area contributed by atoms with E-state index in [-0.39, 0.29) is 23.0 Å². The maximum absolute atomic E-state index is 12.0. The van der Waals surface area contributed by atoms with E-state index in [4.69, 9.17) is 0 Å². The molecule has 7 nitrogen and oxygen atoms in total. The molecule has 1 aromatic heterocycles. The minimum Gasteiger partial charge on any atom is -0.346 e. The molecular weight excluding hydrogens is 306 g/mol. The van der Waals surface area contributed by atoms with E-state index < -0.39 is 0 Å². The molecule has 2 amide bonds. The van der Waals surface area contributed by atoms with E-state index in [1.165, 1.54) is 19.3 Å². The Bertz CT molecular complexity index is 718. The van der Waals surface area contributed by atoms with Gasteiger partial charge in [-0.1, -0.05) is 0 Å². The Labute approximate surface area is 140 Å². The zero-order valence-corrected chi connectivity index (χ0v) is 14.2. The van der Waals surface area contributed by atoms with Gasteiger partial charge in [-0.3, -0.25) is 9.59 Å². The first-order chi connectivity index (χ1) is 11.2. The Balaban J connectivity index is 2.01. The molecular formula is C17H21N5O2. The van der Waals surface area contributed by atoms with Gasteiger partial charge in [0.2, 0.25) is 5.91 Å². The van der Waals surface area contributed by atoms with Gasteiger partial charge in [-0.15, -0.1) is 0 Å². The van der Waals surface area contributed by atoms with Gasteiger partial charge < -0.3 is 16.0 Å². The van der Waals surface area contributed by atoms with Crippen LogP contribution in [-0.2, 0) is 4.79 Å². The van der Waals surface area contributed by atoms with Gasteiger partial charge in [0.1, 0.15) is 11.5 Å². The largest absolute Gasteiger partial charge is 0.346 e. The fourth-order valence-corrected chi connectivity index (χ4v) is 1.90. The highest BCUT2D eigenvalue weighted by Gasteiger charge is 2.16. The van der Waals surface area contributed by atoms with Crippen molar-refractivity contribution in [3.8, 4) is 0 Å². The normalized spacial score (nSPS) is 10.8. The Morgan fingerprint density at radius 2 is 1.58 bits per heavy atom. The third-order valence-corrected chi connectivity index (χ3v) is 2.85. The minimum atomic E-state index is -0.328. The van der Waals surface area contributed by atoms with Crippen molar-refractivity contribution in [1.82, 2.24) is 15.3 Å². The quantitative estimate of drug-likeness (QED) is 0.802. The fraction of sp³-hybridized carbons (Fsp3) is 0.294. The van der Waals surface area contributed by atoms with Crippen LogP contribution in [0.25, 0.3) is 0 Å². The van der Waals surface area contributed by atoms with Crippen LogP contribution in [0.1, 0.15) is 38.2 Å². The number of hydrogen-bond acceptors (Lipinski definition) is 5. The molecule has 0 spiro atoms. The second kappa shape index (κ2) is 7.08. The predicted molar refractivity (Wildman–Crippen MR) is 93.3 cm³/mol. The van der Waals surface area contributed by atoms with Crippen molar-refractivity contribution >= 4 is 29.0 Å². The summed E-state index contributed by atoms with van der Waals surface area (Å²) >= 11 is 0. The van der Waals surface area contributed by atoms with Gasteiger partial charge in [0.05, 0.1) is 12.4 Å². The second-order valence-corrected chi connectivity index (χ2v) is 6.37. The number of anilines is 3. The molecule has 2 rings (SSSR count). The Morgan fingerprint density at radius 3 is 2.08 bits per heavy atom. The number of nitrogens with zero attached hydrogens (tertiary/aromatic N) is 2. The van der Waals surface area contributed by atoms with Crippen LogP contribution in [0.2, 0.25) is 0 Å². The molecule has 126 valence electrons. The number of benzene rings is 1. The molecule has 24 heavy (non-hydrogen) atoms. The molecule has 1 heterocycles. The number of carbonyl (C=O) groups excluding carboxylic acids is 2. The van der Waals surface area contributed by atoms with Crippen LogP contribution >= 0.6 is 0 Å². The van der Waals surface area contributed by atoms with E-state index in [1.54, 1.807) is 12.1 Å². The number of carbonyl (C=O) groups is 2. The summed E-state index contributed by atoms with van der Waals surface area (Å²) in [4.78, 5) is 31.3. The number of hydrogen-bond donors (Lipinski definition) is 3. The number of nitrogens with one attached hydrogen (secondary N) is 3. The monoisotopic (exact) mass is 327 g/mol. The first kappa shape index (κ1) is 17.4. The van der Waals surface area contributed by atoms with Crippen LogP contribution in [0, 0.1) is 0 Å². The van der Waals surface area contributed by atoms with Gasteiger partial charge in [0.15, 0.2) is 0 Å². The predicted octanol–water partition coefficient (Wildman–Crippen LogP) is 2.71. The van der Waals surface area contributed by atoms with Crippen LogP contribution in [0.3, 0.4) is 0 Å². The highest BCUT2D eigenvalue weighted by Crippen LogP contribution is 2.17. The van der Waals surface area contributed by atoms with E-state index in [0.717, 1.165) is 5.69 Å². The Morgan fingerprint density at radius 1 is 0.958 bits per heavy atom. The molecule has 0 fully saturated rings. The highest BCUT2D eigenvalue weighted by atomic mass is 16.2. The van der Waals surface area contributed by atoms with E-state index in [9.17, 15) is 9.59 Å². The lowest BCUT2D eigenvalue weighted by Crippen LogP contribution is -2.40. The Hall–Kier alpha value is -2.96. The van der Waals surface area contributed by atoms with Crippen molar-refractivity contribution in [2.75, 3.05) is 10.6 Å². The standard InChI is InChI=1S/C17H21N5O2/c1-11(23)20-12-5-7-13(8-6-12)21-15-10-18-14(9-19-15)16(24)22-17(2,3)4/h5-10H,1-4H3,(H,19,21)(H,20,23)(H,22,24). The molecule has 0 aliphatic carbocycles. The van der Waals surface area contributed by atoms with Crippen LogP contribution < -0.4 is 16.0 Å². The third kappa shape index (κ3) is 5.35. The van der Waals surface area contributed by atoms with Crippen molar-refractivity contribution in [3.05, 3.63) is 42.4 Å². The van der Waals surface area contributed by atoms with E-state index in [1.807, 2.05) is 32.9 Å². The molecule has 0 bridgehead atoms. The topological polar surface area (TPSA) is 96.0 Å². The zero-order valence-electron chi connectivity index (χ0n) is 14.2. The zero-order chi connectivity index (χ0) is 17.7. The number of rotatable bonds is 4. The maximum Gasteiger partial charge on any atom is 0.271 e. The van der Waals surface area contributed by atoms with E-state index >= 15 is 0 Å². The molecule has 0 aliphatic heterocycles. The van der Waals surface area contributed by atoms with Crippen molar-refractivity contribution in [3.63, 3.8) is 0 Å². The summed E-state index contributed by atoms with van der Waals surface area (Å²) in [5, 5.41) is 8.61. The lowest BCUT2D eigenvalue weighted by molar-refractivity contribution is -0.114. The average Bonchev–Trinajstić information content (AvgIpc) is 2.48. The maximum atomic E-state index is 12.0. The Kier molecular flexibility index (Phi) is 5.13. The van der Waals surface area contributed by atoms with Gasteiger partial charge in [-0.2, -0.15) is 0 Å². The summed E-state index contributed by atoms with van der Waals surface area (Å²) in [7, 11) is 0. The van der Waals surface area contributed by atoms with Crippen molar-refractivity contribution in [2.24, 2.45) is 0 Å². The summed E-state index contributed by atoms with van der Waals surface area (Å²) in [6.45, 7) is 7.16. The molecule has 3 N–H and O–H groups in total. The summed E-state index contributed by atoms with van der Waals surface area (Å²) in [5.74, 6) is 0.140. The summed E-state index contributed by atoms with van der Waals surface area (Å²) < 4.78 is 0. The summed E-state index contributed by atoms with van der Waals surface area (Å²) in [6.07, 6.45) is 2.92. The highest BCUT2D eigenvalue weighted by molar-refractivity contribution is 5.92. The van der Waals surface area contributed by atoms with Crippen LogP contribution in [0.5, 0.6) is 0 Å². The van der Waals surface area contributed by atoms with Crippen LogP contribution in [0.15, 0.2) is 36.7 Å². The van der Waals surface area contributed by atoms with Crippen LogP contribution in [-0.4, -0.2) is 27.3 Å². The number of aromatic nitrogens is 2. The van der Waals surface area contributed by atoms with Crippen molar-refractivity contribution < 1.29 is 9.59 Å². The lowest BCUT2D eigenvalue weighted by atomic mass is 10.1. The molecule has 0 saturated heterocycles. The van der Waals surface area contributed by atoms with Crippen LogP contribution in [0.4, 0.5) is 17.2 Å². The molecule has 2 aromatic rings. The molecule has 1 aromatic carbocycles. The lowest BCUT2D eigenvalue weighted by Gasteiger charge is -2.19. The molecule has 0 radical (unpaired) electrons. The molecule has 0 unspecified atom stereocenters. The summed E-state index contributed by atoms with van der Waals surface area (Å²) in [6, 6.07) is 7.19. The third-order valence-electron chi connectivity index (χ3n) is 2.85. The first-order valence-electron chi connectivity index (χ1n) is 7.52. The molecule has 0 atom stereocenters. The molecule has 7 heteroatoms. The first-order valence-corrected chi connectivity index (χ1v) is 7.52. The molecule has 0 aliphatic rings. The van der Waals surface area contributed by atoms with Crippen molar-refractivity contribution in [1.29, 1.82) is 0 Å². The smallest absolute Gasteiger partial charge is 0.271 e. The van der Waals surface area contributed by atoms with E-state index in [0.29, 0.717) is 11.5 Å². The van der Waals surface area contributed by atoms with Gasteiger partial charge >= 0.3 is 0 Å². The average molecular weight is 327 g/mol. The van der Waals surface area contributed by atoms with Gasteiger partial charge in [0, 0.05) is 23.8 Å². The van der Waals surface area contributed by atoms with E-state index in [2.05, 4.69) is 25.9 Å². The van der Waals surface area contributed by atoms with Gasteiger partial charge in [0.25, 0.3) is 5.91 Å².